The minimum absolute atomic E-state index is 0.0423. The number of carboxylic acids is 1. The van der Waals surface area contributed by atoms with Crippen LogP contribution < -0.4 is 0 Å². The van der Waals surface area contributed by atoms with Gasteiger partial charge in [0.2, 0.25) is 5.79 Å². The first kappa shape index (κ1) is 43.3. The Morgan fingerprint density at radius 2 is 1.75 bits per heavy atom. The van der Waals surface area contributed by atoms with Crippen molar-refractivity contribution in [1.82, 2.24) is 0 Å². The van der Waals surface area contributed by atoms with Gasteiger partial charge in [-0.15, -0.1) is 0 Å². The summed E-state index contributed by atoms with van der Waals surface area (Å²) < 4.78 is 45.2. The molecule has 5 N–H and O–H groups in total. The van der Waals surface area contributed by atoms with E-state index >= 15 is 0 Å². The monoisotopic (exact) mass is 804 g/mol. The van der Waals surface area contributed by atoms with Crippen LogP contribution in [0.3, 0.4) is 0 Å². The highest BCUT2D eigenvalue weighted by molar-refractivity contribution is 5.76. The molecule has 322 valence electrons. The molecule has 0 aliphatic carbocycles. The van der Waals surface area contributed by atoms with Crippen molar-refractivity contribution in [2.75, 3.05) is 6.61 Å². The second-order valence-electron chi connectivity index (χ2n) is 18.9. The normalized spacial score (nSPS) is 45.4. The lowest BCUT2D eigenvalue weighted by Gasteiger charge is -2.50. The van der Waals surface area contributed by atoms with Crippen LogP contribution in [0.4, 0.5) is 0 Å². The minimum Gasteiger partial charge on any atom is -0.479 e. The molecule has 0 radical (unpaired) electrons. The number of carbonyl (C=O) groups is 1. The lowest BCUT2D eigenvalue weighted by atomic mass is 9.79. The molecule has 7 rings (SSSR count). The predicted octanol–water partition coefficient (Wildman–Crippen LogP) is 5.21. The molecule has 0 saturated carbocycles. The molecule has 17 atom stereocenters. The van der Waals surface area contributed by atoms with Crippen molar-refractivity contribution >= 4 is 5.97 Å². The fraction of sp³-hybridized carbons (Fsp3) is 0.841. The van der Waals surface area contributed by atoms with E-state index in [-0.39, 0.29) is 36.6 Å². The SMILES string of the molecule is C=C1[C@@H](O)[C@@H]2O[C@]3(CC[C@H](/C=C/[C@H](C)[C@H]4CC(C)=C[C@]5(O[C@@H](CC(C)(O)C(=O)O)CC[C@@H]5O)O4)O3)CC[C@H]2O[C@@H]1[C@@H](O)C[C@@H](C)[C@H]1O[C@@]2(CCCCO2)CC[C@H]1C. The summed E-state index contributed by atoms with van der Waals surface area (Å²) in [6.07, 6.45) is 9.37. The first-order chi connectivity index (χ1) is 26.9. The zero-order valence-electron chi connectivity index (χ0n) is 34.6. The van der Waals surface area contributed by atoms with Gasteiger partial charge in [-0.3, -0.25) is 0 Å². The van der Waals surface area contributed by atoms with E-state index in [0.29, 0.717) is 56.4 Å². The highest BCUT2D eigenvalue weighted by atomic mass is 16.7. The average Bonchev–Trinajstić information content (AvgIpc) is 3.56. The fourth-order valence-corrected chi connectivity index (χ4v) is 10.5. The maximum absolute atomic E-state index is 11.6. The lowest BCUT2D eigenvalue weighted by molar-refractivity contribution is -0.321. The van der Waals surface area contributed by atoms with E-state index < -0.39 is 71.7 Å². The maximum Gasteiger partial charge on any atom is 0.335 e. The molecular formula is C44H68O13. The van der Waals surface area contributed by atoms with Crippen molar-refractivity contribution in [2.45, 2.75) is 209 Å². The van der Waals surface area contributed by atoms with Crippen LogP contribution in [0.25, 0.3) is 0 Å². The number of aliphatic hydroxyl groups excluding tert-OH is 3. The number of carboxylic acid groups (broad SMARTS) is 1. The Morgan fingerprint density at radius 1 is 1.00 bits per heavy atom. The number of fused-ring (bicyclic) bond motifs is 1. The van der Waals surface area contributed by atoms with Gasteiger partial charge >= 0.3 is 5.97 Å². The Hall–Kier alpha value is -1.75. The number of ether oxygens (including phenoxy) is 7. The Bertz CT molecular complexity index is 1510. The Labute approximate surface area is 337 Å². The third-order valence-corrected chi connectivity index (χ3v) is 14.0. The highest BCUT2D eigenvalue weighted by Crippen LogP contribution is 2.47. The molecule has 0 amide bonds. The summed E-state index contributed by atoms with van der Waals surface area (Å²) in [6, 6.07) is 0. The topological polar surface area (TPSA) is 183 Å². The molecule has 0 aromatic carbocycles. The number of aliphatic carboxylic acids is 1. The van der Waals surface area contributed by atoms with Gasteiger partial charge in [0.25, 0.3) is 0 Å². The number of rotatable bonds is 10. The largest absolute Gasteiger partial charge is 0.479 e. The van der Waals surface area contributed by atoms with Gasteiger partial charge in [-0.1, -0.05) is 45.1 Å². The van der Waals surface area contributed by atoms with Gasteiger partial charge in [0.1, 0.15) is 24.4 Å². The van der Waals surface area contributed by atoms with E-state index in [1.54, 1.807) is 6.08 Å². The molecule has 0 bridgehead atoms. The smallest absolute Gasteiger partial charge is 0.335 e. The molecule has 3 spiro atoms. The van der Waals surface area contributed by atoms with Gasteiger partial charge in [0, 0.05) is 38.0 Å². The summed E-state index contributed by atoms with van der Waals surface area (Å²) in [5, 5.41) is 54.0. The van der Waals surface area contributed by atoms with Crippen LogP contribution in [0.5, 0.6) is 0 Å². The second-order valence-corrected chi connectivity index (χ2v) is 18.9. The summed E-state index contributed by atoms with van der Waals surface area (Å²) in [5.74, 6) is -3.82. The molecular weight excluding hydrogens is 736 g/mol. The van der Waals surface area contributed by atoms with Crippen LogP contribution in [-0.2, 0) is 38.0 Å². The number of hydrogen-bond acceptors (Lipinski definition) is 12. The molecule has 13 nitrogen and oxygen atoms in total. The van der Waals surface area contributed by atoms with E-state index in [4.69, 9.17) is 33.2 Å². The van der Waals surface area contributed by atoms with E-state index in [1.165, 1.54) is 6.92 Å². The van der Waals surface area contributed by atoms with Crippen molar-refractivity contribution < 1.29 is 63.5 Å². The quantitative estimate of drug-likeness (QED) is 0.182. The van der Waals surface area contributed by atoms with Crippen molar-refractivity contribution in [3.05, 3.63) is 36.0 Å². The molecule has 0 aromatic heterocycles. The summed E-state index contributed by atoms with van der Waals surface area (Å²) in [5.41, 5.74) is -0.551. The molecule has 7 heterocycles. The summed E-state index contributed by atoms with van der Waals surface area (Å²) >= 11 is 0. The Balaban J connectivity index is 0.920. The fourth-order valence-electron chi connectivity index (χ4n) is 10.5. The van der Waals surface area contributed by atoms with Crippen molar-refractivity contribution in [3.8, 4) is 0 Å². The van der Waals surface area contributed by atoms with E-state index in [2.05, 4.69) is 26.5 Å². The van der Waals surface area contributed by atoms with Gasteiger partial charge in [0.15, 0.2) is 17.2 Å². The molecule has 1 unspecified atom stereocenters. The van der Waals surface area contributed by atoms with E-state index in [1.807, 2.05) is 19.9 Å². The van der Waals surface area contributed by atoms with Gasteiger partial charge < -0.3 is 58.7 Å². The van der Waals surface area contributed by atoms with E-state index in [0.717, 1.165) is 50.7 Å². The number of aliphatic hydroxyl groups is 4. The van der Waals surface area contributed by atoms with Crippen molar-refractivity contribution in [1.29, 1.82) is 0 Å². The Morgan fingerprint density at radius 3 is 2.49 bits per heavy atom. The second kappa shape index (κ2) is 17.0. The van der Waals surface area contributed by atoms with E-state index in [9.17, 15) is 30.3 Å². The van der Waals surface area contributed by atoms with Gasteiger partial charge in [-0.25, -0.2) is 4.79 Å². The molecule has 6 fully saturated rings. The van der Waals surface area contributed by atoms with Gasteiger partial charge in [-0.05, 0) is 95.1 Å². The van der Waals surface area contributed by atoms with Crippen LogP contribution in [0.2, 0.25) is 0 Å². The number of hydrogen-bond donors (Lipinski definition) is 5. The lowest BCUT2D eigenvalue weighted by Crippen LogP contribution is -2.60. The molecule has 7 aliphatic heterocycles. The molecule has 6 saturated heterocycles. The standard InChI is InChI=1S/C44H68O13/c1-25-21-34(55-44(23-25)35(46)12-11-31(54-44)24-41(6,50)40(48)49)26(2)9-10-30-14-18-43(53-30)19-15-33-39(57-43)36(47)29(5)38(52-33)32(45)22-28(4)37-27(3)13-17-42(56-37)16-7-8-20-51-42/h9-10,23,26-28,30-39,45-47,50H,5,7-8,11-22,24H2,1-4,6H3,(H,48,49)/b10-9+/t26-,27+,28+,30-,31+,32-,33+,34+,35-,36+,37-,38-,39+,41?,42-,43+,44-/m0/s1. The molecule has 7 aliphatic rings. The zero-order chi connectivity index (χ0) is 40.9. The summed E-state index contributed by atoms with van der Waals surface area (Å²) in [6.45, 7) is 14.5. The summed E-state index contributed by atoms with van der Waals surface area (Å²) in [7, 11) is 0. The highest BCUT2D eigenvalue weighted by Gasteiger charge is 2.55. The summed E-state index contributed by atoms with van der Waals surface area (Å²) in [4.78, 5) is 11.6. The molecule has 57 heavy (non-hydrogen) atoms. The van der Waals surface area contributed by atoms with Crippen molar-refractivity contribution in [3.63, 3.8) is 0 Å². The van der Waals surface area contributed by atoms with Crippen LogP contribution in [0, 0.1) is 17.8 Å². The third-order valence-electron chi connectivity index (χ3n) is 14.0. The van der Waals surface area contributed by atoms with Crippen LogP contribution in [-0.4, -0.2) is 122 Å². The van der Waals surface area contributed by atoms with Crippen LogP contribution in [0.15, 0.2) is 36.0 Å². The van der Waals surface area contributed by atoms with Crippen LogP contribution >= 0.6 is 0 Å². The van der Waals surface area contributed by atoms with Crippen LogP contribution in [0.1, 0.15) is 125 Å². The first-order valence-corrected chi connectivity index (χ1v) is 21.7. The van der Waals surface area contributed by atoms with Gasteiger partial charge in [0.05, 0.1) is 43.2 Å². The Kier molecular flexibility index (Phi) is 12.9. The third kappa shape index (κ3) is 9.15. The minimum atomic E-state index is -1.96. The van der Waals surface area contributed by atoms with Gasteiger partial charge in [-0.2, -0.15) is 0 Å². The predicted molar refractivity (Wildman–Crippen MR) is 208 cm³/mol. The van der Waals surface area contributed by atoms with Crippen molar-refractivity contribution in [2.24, 2.45) is 17.8 Å². The maximum atomic E-state index is 11.6. The average molecular weight is 805 g/mol. The molecule has 13 heteroatoms. The first-order valence-electron chi connectivity index (χ1n) is 21.7. The molecule has 0 aromatic rings. The zero-order valence-corrected chi connectivity index (χ0v) is 34.6.